The normalized spacial score (nSPS) is 24.2. The zero-order valence-electron chi connectivity index (χ0n) is 10.5. The van der Waals surface area contributed by atoms with E-state index in [2.05, 4.69) is 0 Å². The molecule has 2 aliphatic heterocycles. The van der Waals surface area contributed by atoms with Crippen LogP contribution in [0, 0.1) is 0 Å². The molecule has 1 N–H and O–H groups in total. The summed E-state index contributed by atoms with van der Waals surface area (Å²) in [6.45, 7) is 1.84. The van der Waals surface area contributed by atoms with Gasteiger partial charge in [0.1, 0.15) is 41.8 Å². The number of hydrogen-bond acceptors (Lipinski definition) is 6. The average Bonchev–Trinajstić information content (AvgIpc) is 3.26. The van der Waals surface area contributed by atoms with Gasteiger partial charge < -0.3 is 18.9 Å². The Kier molecular flexibility index (Phi) is 3.55. The highest BCUT2D eigenvalue weighted by Gasteiger charge is 2.26. The van der Waals surface area contributed by atoms with E-state index >= 15 is 0 Å². The first-order valence-corrected chi connectivity index (χ1v) is 7.57. The second-order valence-corrected chi connectivity index (χ2v) is 6.01. The summed E-state index contributed by atoms with van der Waals surface area (Å²) >= 11 is 0. The molecule has 7 nitrogen and oxygen atoms in total. The molecule has 2 heterocycles. The molecule has 0 aliphatic carbocycles. The van der Waals surface area contributed by atoms with E-state index in [0.29, 0.717) is 25.6 Å². The first-order chi connectivity index (χ1) is 9.52. The van der Waals surface area contributed by atoms with Gasteiger partial charge >= 0.3 is 0 Å². The second-order valence-electron chi connectivity index (χ2n) is 4.62. The number of ether oxygens (including phenoxy) is 4. The molecule has 8 heteroatoms. The van der Waals surface area contributed by atoms with E-state index in [4.69, 9.17) is 18.9 Å². The maximum atomic E-state index is 11.4. The molecule has 20 heavy (non-hydrogen) atoms. The van der Waals surface area contributed by atoms with E-state index in [1.807, 2.05) is 0 Å². The highest BCUT2D eigenvalue weighted by Crippen LogP contribution is 2.29. The van der Waals surface area contributed by atoms with Gasteiger partial charge in [0.05, 0.1) is 13.2 Å². The van der Waals surface area contributed by atoms with Gasteiger partial charge in [0.15, 0.2) is 0 Å². The Morgan fingerprint density at radius 2 is 1.75 bits per heavy atom. The van der Waals surface area contributed by atoms with E-state index in [0.717, 1.165) is 0 Å². The fraction of sp³-hybridized carbons (Fsp3) is 0.500. The maximum absolute atomic E-state index is 11.4. The van der Waals surface area contributed by atoms with Crippen LogP contribution in [0.2, 0.25) is 0 Å². The molecule has 0 amide bonds. The summed E-state index contributed by atoms with van der Waals surface area (Å²) < 4.78 is 52.7. The summed E-state index contributed by atoms with van der Waals surface area (Å²) in [5, 5.41) is 0. The molecular weight excluding hydrogens is 288 g/mol. The molecular formula is C12H14O7S. The van der Waals surface area contributed by atoms with Crippen LogP contribution in [-0.2, 0) is 19.6 Å². The van der Waals surface area contributed by atoms with Crippen molar-refractivity contribution in [2.75, 3.05) is 26.4 Å². The van der Waals surface area contributed by atoms with Gasteiger partial charge in [-0.05, 0) is 12.1 Å². The Morgan fingerprint density at radius 1 is 1.15 bits per heavy atom. The van der Waals surface area contributed by atoms with Crippen LogP contribution in [0.5, 0.6) is 11.5 Å². The van der Waals surface area contributed by atoms with Gasteiger partial charge in [-0.25, -0.2) is 0 Å². The van der Waals surface area contributed by atoms with Crippen molar-refractivity contribution in [3.8, 4) is 11.5 Å². The van der Waals surface area contributed by atoms with Crippen molar-refractivity contribution >= 4 is 10.1 Å². The highest BCUT2D eigenvalue weighted by molar-refractivity contribution is 7.86. The molecule has 0 saturated carbocycles. The lowest BCUT2D eigenvalue weighted by molar-refractivity contribution is 0.252. The predicted octanol–water partition coefficient (Wildman–Crippen LogP) is 0.488. The van der Waals surface area contributed by atoms with Crippen molar-refractivity contribution in [2.45, 2.75) is 17.1 Å². The molecule has 2 aliphatic rings. The minimum atomic E-state index is -4.38. The van der Waals surface area contributed by atoms with Gasteiger partial charge in [0, 0.05) is 6.07 Å². The first-order valence-electron chi connectivity index (χ1n) is 6.13. The Balaban J connectivity index is 1.76. The lowest BCUT2D eigenvalue weighted by atomic mass is 10.3. The predicted molar refractivity (Wildman–Crippen MR) is 66.7 cm³/mol. The minimum Gasteiger partial charge on any atom is -0.491 e. The molecule has 1 aromatic rings. The van der Waals surface area contributed by atoms with Crippen LogP contribution < -0.4 is 9.47 Å². The lowest BCUT2D eigenvalue weighted by Crippen LogP contribution is -2.09. The van der Waals surface area contributed by atoms with Crippen molar-refractivity contribution in [1.29, 1.82) is 0 Å². The molecule has 2 fully saturated rings. The Bertz CT molecular complexity index is 590. The monoisotopic (exact) mass is 302 g/mol. The smallest absolute Gasteiger partial charge is 0.298 e. The molecule has 1 aromatic carbocycles. The van der Waals surface area contributed by atoms with Crippen LogP contribution >= 0.6 is 0 Å². The number of rotatable bonds is 7. The molecule has 0 bridgehead atoms. The van der Waals surface area contributed by atoms with E-state index in [1.54, 1.807) is 6.07 Å². The standard InChI is InChI=1S/C12H14O7S/c13-20(14,15)12-3-8(16-4-9-5-17-9)1-2-11(12)19-7-10-6-18-10/h1-3,9-10H,4-7H2,(H,13,14,15). The Morgan fingerprint density at radius 3 is 2.30 bits per heavy atom. The topological polar surface area (TPSA) is 97.9 Å². The molecule has 0 radical (unpaired) electrons. The minimum absolute atomic E-state index is 0.00723. The molecule has 2 unspecified atom stereocenters. The highest BCUT2D eigenvalue weighted by atomic mass is 32.2. The fourth-order valence-corrected chi connectivity index (χ4v) is 2.25. The quantitative estimate of drug-likeness (QED) is 0.578. The zero-order chi connectivity index (χ0) is 14.2. The molecule has 3 rings (SSSR count). The molecule has 0 aromatic heterocycles. The van der Waals surface area contributed by atoms with Gasteiger partial charge in [-0.1, -0.05) is 0 Å². The van der Waals surface area contributed by atoms with E-state index in [-0.39, 0.29) is 29.5 Å². The van der Waals surface area contributed by atoms with Crippen molar-refractivity contribution < 1.29 is 31.9 Å². The number of benzene rings is 1. The van der Waals surface area contributed by atoms with Gasteiger partial charge in [0.2, 0.25) is 0 Å². The summed E-state index contributed by atoms with van der Waals surface area (Å²) in [7, 11) is -4.38. The van der Waals surface area contributed by atoms with E-state index < -0.39 is 10.1 Å². The Labute approximate surface area is 116 Å². The second kappa shape index (κ2) is 5.21. The summed E-state index contributed by atoms with van der Waals surface area (Å²) in [5.41, 5.74) is 0. The van der Waals surface area contributed by atoms with Crippen LogP contribution in [0.25, 0.3) is 0 Å². The van der Waals surface area contributed by atoms with E-state index in [1.165, 1.54) is 12.1 Å². The van der Waals surface area contributed by atoms with E-state index in [9.17, 15) is 13.0 Å². The maximum Gasteiger partial charge on any atom is 0.298 e. The largest absolute Gasteiger partial charge is 0.491 e. The van der Waals surface area contributed by atoms with Crippen LogP contribution in [0.15, 0.2) is 23.1 Å². The fourth-order valence-electron chi connectivity index (χ4n) is 1.60. The van der Waals surface area contributed by atoms with Crippen molar-refractivity contribution in [3.63, 3.8) is 0 Å². The van der Waals surface area contributed by atoms with Crippen LogP contribution in [0.1, 0.15) is 0 Å². The number of epoxide rings is 2. The van der Waals surface area contributed by atoms with Gasteiger partial charge in [0.25, 0.3) is 10.1 Å². The SMILES string of the molecule is O=S(=O)(O)c1cc(OCC2CO2)ccc1OCC1CO1. The number of hydrogen-bond donors (Lipinski definition) is 1. The van der Waals surface area contributed by atoms with Crippen molar-refractivity contribution in [1.82, 2.24) is 0 Å². The van der Waals surface area contributed by atoms with Gasteiger partial charge in [-0.15, -0.1) is 0 Å². The molecule has 0 spiro atoms. The summed E-state index contributed by atoms with van der Waals surface area (Å²) in [5.74, 6) is 0.418. The van der Waals surface area contributed by atoms with Crippen LogP contribution in [0.3, 0.4) is 0 Å². The summed E-state index contributed by atoms with van der Waals surface area (Å²) in [4.78, 5) is -0.313. The summed E-state index contributed by atoms with van der Waals surface area (Å²) in [6, 6.07) is 4.27. The zero-order valence-corrected chi connectivity index (χ0v) is 11.3. The van der Waals surface area contributed by atoms with Crippen molar-refractivity contribution in [2.24, 2.45) is 0 Å². The average molecular weight is 302 g/mol. The molecule has 2 saturated heterocycles. The van der Waals surface area contributed by atoms with Crippen molar-refractivity contribution in [3.05, 3.63) is 18.2 Å². The van der Waals surface area contributed by atoms with Gasteiger partial charge in [-0.2, -0.15) is 8.42 Å². The third-order valence-electron chi connectivity index (χ3n) is 2.86. The third-order valence-corrected chi connectivity index (χ3v) is 3.73. The van der Waals surface area contributed by atoms with Crippen LogP contribution in [0.4, 0.5) is 0 Å². The third kappa shape index (κ3) is 3.60. The van der Waals surface area contributed by atoms with Crippen LogP contribution in [-0.4, -0.2) is 51.6 Å². The first kappa shape index (κ1) is 13.6. The van der Waals surface area contributed by atoms with Gasteiger partial charge in [-0.3, -0.25) is 4.55 Å². The molecule has 110 valence electrons. The Hall–Kier alpha value is -1.35. The lowest BCUT2D eigenvalue weighted by Gasteiger charge is -2.11. The summed E-state index contributed by atoms with van der Waals surface area (Å²) in [6.07, 6.45) is 0.0549. The molecule has 2 atom stereocenters.